The second-order valence-corrected chi connectivity index (χ2v) is 8.70. The first-order valence-electron chi connectivity index (χ1n) is 12.0. The third-order valence-corrected chi connectivity index (χ3v) is 6.09. The number of aromatic nitrogens is 1. The van der Waals surface area contributed by atoms with Crippen LogP contribution in [0.4, 0.5) is 29.3 Å². The van der Waals surface area contributed by atoms with E-state index in [0.717, 1.165) is 5.56 Å². The molecule has 2 fully saturated rings. The largest absolute Gasteiger partial charge is 0.442 e. The summed E-state index contributed by atoms with van der Waals surface area (Å²) in [6, 6.07) is 8.02. The monoisotopic (exact) mass is 535 g/mol. The molecule has 1 aromatic carbocycles. The maximum Gasteiger partial charge on any atom is 0.414 e. The molecule has 0 spiro atoms. The van der Waals surface area contributed by atoms with Crippen LogP contribution in [0.5, 0.6) is 0 Å². The molecule has 4 rings (SSSR count). The minimum atomic E-state index is -3.17. The smallest absolute Gasteiger partial charge is 0.414 e. The Kier molecular flexibility index (Phi) is 8.97. The third-order valence-electron chi connectivity index (χ3n) is 6.09. The summed E-state index contributed by atoms with van der Waals surface area (Å²) in [5.41, 5.74) is 4.63. The van der Waals surface area contributed by atoms with Crippen LogP contribution in [0, 0.1) is 5.82 Å². The summed E-state index contributed by atoms with van der Waals surface area (Å²) in [5.74, 6) is -2.16. The van der Waals surface area contributed by atoms with Gasteiger partial charge in [0.1, 0.15) is 11.9 Å². The highest BCUT2D eigenvalue weighted by atomic mass is 19.3. The van der Waals surface area contributed by atoms with Crippen molar-refractivity contribution in [2.45, 2.75) is 19.1 Å². The van der Waals surface area contributed by atoms with Crippen molar-refractivity contribution in [2.24, 2.45) is 0 Å². The van der Waals surface area contributed by atoms with Crippen molar-refractivity contribution in [3.05, 3.63) is 54.1 Å². The van der Waals surface area contributed by atoms with Crippen molar-refractivity contribution >= 4 is 29.3 Å². The summed E-state index contributed by atoms with van der Waals surface area (Å²) < 4.78 is 44.9. The molecule has 0 saturated carbocycles. The molecule has 0 aliphatic carbocycles. The Morgan fingerprint density at radius 3 is 2.68 bits per heavy atom. The molecule has 1 aromatic heterocycles. The quantitative estimate of drug-likeness (QED) is 0.433. The summed E-state index contributed by atoms with van der Waals surface area (Å²) >= 11 is 0. The minimum absolute atomic E-state index is 0.0267. The van der Waals surface area contributed by atoms with Crippen LogP contribution in [0.1, 0.15) is 5.56 Å². The molecule has 204 valence electrons. The van der Waals surface area contributed by atoms with Crippen LogP contribution < -0.4 is 25.9 Å². The summed E-state index contributed by atoms with van der Waals surface area (Å²) in [7, 11) is 0. The van der Waals surface area contributed by atoms with Crippen LogP contribution in [0.2, 0.25) is 0 Å². The summed E-state index contributed by atoms with van der Waals surface area (Å²) in [6.07, 6.45) is -1.40. The third kappa shape index (κ3) is 6.89. The number of alkyl halides is 2. The zero-order valence-electron chi connectivity index (χ0n) is 20.4. The normalized spacial score (nSPS) is 17.9. The maximum absolute atomic E-state index is 15.1. The van der Waals surface area contributed by atoms with Crippen molar-refractivity contribution < 1.29 is 32.3 Å². The van der Waals surface area contributed by atoms with E-state index in [9.17, 15) is 23.2 Å². The molecule has 14 heteroatoms. The Morgan fingerprint density at radius 1 is 1.16 bits per heavy atom. The van der Waals surface area contributed by atoms with Crippen molar-refractivity contribution in [3.63, 3.8) is 0 Å². The highest BCUT2D eigenvalue weighted by Gasteiger charge is 2.33. The van der Waals surface area contributed by atoms with Gasteiger partial charge in [-0.2, -0.15) is 8.78 Å². The molecule has 11 nitrogen and oxygen atoms in total. The van der Waals surface area contributed by atoms with E-state index >= 15 is 4.39 Å². The number of carbonyl (C=O) groups excluding carboxylic acids is 3. The van der Waals surface area contributed by atoms with E-state index in [2.05, 4.69) is 15.7 Å². The lowest BCUT2D eigenvalue weighted by molar-refractivity contribution is -0.133. The number of anilines is 2. The first-order chi connectivity index (χ1) is 18.3. The van der Waals surface area contributed by atoms with Gasteiger partial charge in [-0.25, -0.2) is 14.6 Å². The van der Waals surface area contributed by atoms with Gasteiger partial charge in [-0.05, 0) is 35.9 Å². The predicted molar refractivity (Wildman–Crippen MR) is 131 cm³/mol. The molecule has 0 unspecified atom stereocenters. The van der Waals surface area contributed by atoms with E-state index in [1.54, 1.807) is 23.4 Å². The van der Waals surface area contributed by atoms with E-state index in [1.807, 2.05) is 17.4 Å². The molecular weight excluding hydrogens is 507 g/mol. The molecule has 2 aliphatic rings. The summed E-state index contributed by atoms with van der Waals surface area (Å²) in [5, 5.41) is 6.62. The zero-order valence-corrected chi connectivity index (χ0v) is 20.4. The van der Waals surface area contributed by atoms with E-state index in [-0.39, 0.29) is 31.2 Å². The van der Waals surface area contributed by atoms with E-state index in [0.29, 0.717) is 38.4 Å². The maximum atomic E-state index is 15.1. The van der Waals surface area contributed by atoms with Gasteiger partial charge in [0.25, 0.3) is 11.8 Å². The van der Waals surface area contributed by atoms with Gasteiger partial charge in [0.2, 0.25) is 0 Å². The Morgan fingerprint density at radius 2 is 1.95 bits per heavy atom. The number of hydrazine groups is 1. The van der Waals surface area contributed by atoms with Gasteiger partial charge in [-0.15, -0.1) is 0 Å². The van der Waals surface area contributed by atoms with Crippen LogP contribution in [-0.4, -0.2) is 86.2 Å². The van der Waals surface area contributed by atoms with Crippen molar-refractivity contribution in [1.29, 1.82) is 0 Å². The van der Waals surface area contributed by atoms with E-state index in [1.165, 1.54) is 22.0 Å². The molecule has 3 amide bonds. The van der Waals surface area contributed by atoms with Gasteiger partial charge in [-0.3, -0.25) is 24.5 Å². The average Bonchev–Trinajstić information content (AvgIpc) is 3.11. The average molecular weight is 536 g/mol. The number of nitrogens with one attached hydrogen (secondary N) is 3. The van der Waals surface area contributed by atoms with Gasteiger partial charge in [0, 0.05) is 38.6 Å². The molecule has 3 N–H and O–H groups in total. The lowest BCUT2D eigenvalue weighted by atomic mass is 10.2. The first kappa shape index (κ1) is 27.1. The van der Waals surface area contributed by atoms with Crippen LogP contribution >= 0.6 is 0 Å². The van der Waals surface area contributed by atoms with E-state index < -0.39 is 30.3 Å². The Balaban J connectivity index is 1.29. The number of carbonyl (C=O) groups is 3. The molecule has 2 aliphatic heterocycles. The number of rotatable bonds is 9. The Bertz CT molecular complexity index is 1140. The SMILES string of the molecule is O=C(NC[C@H]1CN(c2ccc(N3CCNN(C(=O)CNCc4ccncc4)CC3)c(F)c2)C(=O)O1)C(F)F. The van der Waals surface area contributed by atoms with Gasteiger partial charge < -0.3 is 20.3 Å². The van der Waals surface area contributed by atoms with Crippen LogP contribution in [0.25, 0.3) is 0 Å². The van der Waals surface area contributed by atoms with Crippen LogP contribution in [0.15, 0.2) is 42.7 Å². The number of hydrogen-bond donors (Lipinski definition) is 3. The molecular formula is C24H28F3N7O4. The van der Waals surface area contributed by atoms with Crippen molar-refractivity contribution in [3.8, 4) is 0 Å². The van der Waals surface area contributed by atoms with Crippen LogP contribution in [-0.2, 0) is 20.9 Å². The van der Waals surface area contributed by atoms with Crippen LogP contribution in [0.3, 0.4) is 0 Å². The topological polar surface area (TPSA) is 119 Å². The fourth-order valence-corrected chi connectivity index (χ4v) is 4.15. The molecule has 1 atom stereocenters. The number of pyridine rings is 1. The fourth-order valence-electron chi connectivity index (χ4n) is 4.15. The zero-order chi connectivity index (χ0) is 27.1. The number of halogens is 3. The van der Waals surface area contributed by atoms with Crippen molar-refractivity contribution in [2.75, 3.05) is 55.6 Å². The predicted octanol–water partition coefficient (Wildman–Crippen LogP) is 0.870. The van der Waals surface area contributed by atoms with Gasteiger partial charge in [0.15, 0.2) is 0 Å². The molecule has 2 aromatic rings. The highest BCUT2D eigenvalue weighted by molar-refractivity contribution is 5.90. The lowest BCUT2D eigenvalue weighted by Crippen LogP contribution is -2.47. The Hall–Kier alpha value is -3.91. The molecule has 2 saturated heterocycles. The summed E-state index contributed by atoms with van der Waals surface area (Å²) in [4.78, 5) is 42.8. The van der Waals surface area contributed by atoms with Gasteiger partial charge in [-0.1, -0.05) is 0 Å². The number of amides is 3. The first-order valence-corrected chi connectivity index (χ1v) is 12.0. The standard InChI is InChI=1S/C24H28F3N7O4/c25-19-11-17(33-15-18(38-24(33)37)13-30-23(36)22(26)27)1-2-20(19)32-8-7-31-34(10-9-32)21(35)14-29-12-16-3-5-28-6-4-16/h1-6,11,18,22,29,31H,7-10,12-15H2,(H,30,36)/t18-/m0/s1. The molecule has 0 radical (unpaired) electrons. The number of benzene rings is 1. The molecule has 0 bridgehead atoms. The summed E-state index contributed by atoms with van der Waals surface area (Å²) in [6.45, 7) is 1.95. The minimum Gasteiger partial charge on any atom is -0.442 e. The highest BCUT2D eigenvalue weighted by Crippen LogP contribution is 2.28. The van der Waals surface area contributed by atoms with Gasteiger partial charge >= 0.3 is 12.5 Å². The molecule has 38 heavy (non-hydrogen) atoms. The number of hydrogen-bond acceptors (Lipinski definition) is 8. The lowest BCUT2D eigenvalue weighted by Gasteiger charge is -2.24. The number of ether oxygens (including phenoxy) is 1. The second kappa shape index (κ2) is 12.6. The van der Waals surface area contributed by atoms with Gasteiger partial charge in [0.05, 0.1) is 37.6 Å². The van der Waals surface area contributed by atoms with Crippen molar-refractivity contribution in [1.82, 2.24) is 26.1 Å². The second-order valence-electron chi connectivity index (χ2n) is 8.70. The number of cyclic esters (lactones) is 1. The Labute approximate surface area is 216 Å². The fraction of sp³-hybridized carbons (Fsp3) is 0.417. The molecule has 3 heterocycles. The van der Waals surface area contributed by atoms with E-state index in [4.69, 9.17) is 4.74 Å². The number of nitrogens with zero attached hydrogens (tertiary/aromatic N) is 4.